The van der Waals surface area contributed by atoms with Crippen LogP contribution in [0.4, 0.5) is 4.39 Å². The third kappa shape index (κ3) is 3.28. The van der Waals surface area contributed by atoms with E-state index < -0.39 is 15.8 Å². The molecule has 1 atom stereocenters. The van der Waals surface area contributed by atoms with Gasteiger partial charge in [-0.05, 0) is 31.0 Å². The molecule has 23 heavy (non-hydrogen) atoms. The molecule has 124 valence electrons. The third-order valence-corrected chi connectivity index (χ3v) is 5.83. The Morgan fingerprint density at radius 2 is 2.26 bits per heavy atom. The molecule has 0 saturated carbocycles. The lowest BCUT2D eigenvalue weighted by atomic mass is 9.99. The highest BCUT2D eigenvalue weighted by molar-refractivity contribution is 7.89. The molecule has 0 aliphatic carbocycles. The first-order valence-corrected chi connectivity index (χ1v) is 9.03. The molecular weight excluding hydrogens is 321 g/mol. The lowest BCUT2D eigenvalue weighted by Crippen LogP contribution is -2.39. The highest BCUT2D eigenvalue weighted by atomic mass is 32.2. The number of nitrogens with zero attached hydrogens (tertiary/aromatic N) is 3. The summed E-state index contributed by atoms with van der Waals surface area (Å²) in [5.74, 6) is 0.424. The zero-order chi connectivity index (χ0) is 16.4. The predicted octanol–water partition coefficient (Wildman–Crippen LogP) is 2.34. The van der Waals surface area contributed by atoms with E-state index >= 15 is 0 Å². The van der Waals surface area contributed by atoms with Gasteiger partial charge < -0.3 is 4.52 Å². The summed E-state index contributed by atoms with van der Waals surface area (Å²) in [7, 11) is -3.72. The zero-order valence-electron chi connectivity index (χ0n) is 12.8. The fourth-order valence-corrected chi connectivity index (χ4v) is 4.28. The van der Waals surface area contributed by atoms with E-state index in [1.165, 1.54) is 22.5 Å². The summed E-state index contributed by atoms with van der Waals surface area (Å²) in [4.78, 5) is 4.27. The lowest BCUT2D eigenvalue weighted by Gasteiger charge is -2.30. The molecule has 2 aromatic rings. The van der Waals surface area contributed by atoms with Crippen LogP contribution in [0.2, 0.25) is 0 Å². The maximum Gasteiger partial charge on any atom is 0.243 e. The summed E-state index contributed by atoms with van der Waals surface area (Å²) in [5, 5.41) is 3.95. The number of halogens is 1. The van der Waals surface area contributed by atoms with Gasteiger partial charge in [-0.25, -0.2) is 12.8 Å². The molecule has 1 aromatic heterocycles. The fourth-order valence-electron chi connectivity index (χ4n) is 2.73. The summed E-state index contributed by atoms with van der Waals surface area (Å²) in [6.07, 6.45) is 2.15. The first-order valence-electron chi connectivity index (χ1n) is 7.59. The quantitative estimate of drug-likeness (QED) is 0.854. The molecule has 1 fully saturated rings. The maximum absolute atomic E-state index is 13.3. The highest BCUT2D eigenvalue weighted by Gasteiger charge is 2.33. The molecule has 0 amide bonds. The predicted molar refractivity (Wildman–Crippen MR) is 80.8 cm³/mol. The number of rotatable bonds is 4. The minimum Gasteiger partial charge on any atom is -0.339 e. The third-order valence-electron chi connectivity index (χ3n) is 3.97. The van der Waals surface area contributed by atoms with Gasteiger partial charge in [0.1, 0.15) is 5.82 Å². The Morgan fingerprint density at radius 1 is 1.43 bits per heavy atom. The van der Waals surface area contributed by atoms with Gasteiger partial charge in [-0.3, -0.25) is 0 Å². The number of piperidine rings is 1. The monoisotopic (exact) mass is 339 g/mol. The van der Waals surface area contributed by atoms with E-state index in [9.17, 15) is 12.8 Å². The summed E-state index contributed by atoms with van der Waals surface area (Å²) >= 11 is 0. The molecule has 1 unspecified atom stereocenters. The van der Waals surface area contributed by atoms with Crippen LogP contribution < -0.4 is 0 Å². The van der Waals surface area contributed by atoms with Gasteiger partial charge in [0.25, 0.3) is 0 Å². The average molecular weight is 339 g/mol. The zero-order valence-corrected chi connectivity index (χ0v) is 13.6. The van der Waals surface area contributed by atoms with Crippen LogP contribution in [0.1, 0.15) is 37.4 Å². The molecule has 0 bridgehead atoms. The number of hydrogen-bond acceptors (Lipinski definition) is 5. The Balaban J connectivity index is 1.82. The lowest BCUT2D eigenvalue weighted by molar-refractivity contribution is 0.300. The van der Waals surface area contributed by atoms with Gasteiger partial charge >= 0.3 is 0 Å². The number of aryl methyl sites for hydroxylation is 1. The second-order valence-corrected chi connectivity index (χ2v) is 7.50. The minimum atomic E-state index is -3.72. The fraction of sp³-hybridized carbons (Fsp3) is 0.467. The Kier molecular flexibility index (Phi) is 4.45. The number of benzene rings is 1. The van der Waals surface area contributed by atoms with Gasteiger partial charge in [-0.2, -0.15) is 9.29 Å². The van der Waals surface area contributed by atoms with Crippen molar-refractivity contribution in [2.45, 2.75) is 37.0 Å². The van der Waals surface area contributed by atoms with E-state index in [0.29, 0.717) is 31.1 Å². The van der Waals surface area contributed by atoms with Crippen LogP contribution in [-0.4, -0.2) is 36.0 Å². The molecule has 1 aromatic carbocycles. The van der Waals surface area contributed by atoms with Crippen molar-refractivity contribution in [2.24, 2.45) is 0 Å². The first kappa shape index (κ1) is 16.1. The summed E-state index contributed by atoms with van der Waals surface area (Å²) in [6.45, 7) is 2.61. The van der Waals surface area contributed by atoms with Crippen molar-refractivity contribution in [3.8, 4) is 0 Å². The van der Waals surface area contributed by atoms with E-state index in [1.54, 1.807) is 0 Å². The van der Waals surface area contributed by atoms with Gasteiger partial charge in [-0.15, -0.1) is 0 Å². The molecule has 0 N–H and O–H groups in total. The molecule has 3 rings (SSSR count). The van der Waals surface area contributed by atoms with Crippen LogP contribution in [0.15, 0.2) is 33.7 Å². The summed E-state index contributed by atoms with van der Waals surface area (Å²) in [5.41, 5.74) is 0. The summed E-state index contributed by atoms with van der Waals surface area (Å²) < 4.78 is 45.2. The standard InChI is InChI=1S/C15H18FN3O3S/c1-2-14-17-15(18-22-14)11-5-4-8-19(10-11)23(20,21)13-7-3-6-12(16)9-13/h3,6-7,9,11H,2,4-5,8,10H2,1H3. The largest absolute Gasteiger partial charge is 0.339 e. The Hall–Kier alpha value is -1.80. The van der Waals surface area contributed by atoms with Gasteiger partial charge in [0.15, 0.2) is 5.82 Å². The van der Waals surface area contributed by atoms with E-state index in [4.69, 9.17) is 4.52 Å². The molecule has 1 saturated heterocycles. The van der Waals surface area contributed by atoms with Crippen molar-refractivity contribution in [3.63, 3.8) is 0 Å². The SMILES string of the molecule is CCc1nc(C2CCCN(S(=O)(=O)c3cccc(F)c3)C2)no1. The minimum absolute atomic E-state index is 0.0273. The number of hydrogen-bond donors (Lipinski definition) is 0. The van der Waals surface area contributed by atoms with E-state index in [0.717, 1.165) is 12.5 Å². The van der Waals surface area contributed by atoms with Crippen molar-refractivity contribution >= 4 is 10.0 Å². The number of sulfonamides is 1. The number of aromatic nitrogens is 2. The Labute approximate surface area is 134 Å². The first-order chi connectivity index (χ1) is 11.0. The average Bonchev–Trinajstić information content (AvgIpc) is 3.04. The Bertz CT molecular complexity index is 791. The van der Waals surface area contributed by atoms with Crippen molar-refractivity contribution in [3.05, 3.63) is 41.8 Å². The normalized spacial score (nSPS) is 19.8. The molecule has 6 nitrogen and oxygen atoms in total. The van der Waals surface area contributed by atoms with Crippen LogP contribution in [-0.2, 0) is 16.4 Å². The Morgan fingerprint density at radius 3 is 2.96 bits per heavy atom. The molecule has 1 aliphatic heterocycles. The molecule has 2 heterocycles. The van der Waals surface area contributed by atoms with Crippen LogP contribution >= 0.6 is 0 Å². The van der Waals surface area contributed by atoms with Crippen LogP contribution in [0, 0.1) is 5.82 Å². The molecule has 1 aliphatic rings. The van der Waals surface area contributed by atoms with Crippen LogP contribution in [0.3, 0.4) is 0 Å². The van der Waals surface area contributed by atoms with Crippen LogP contribution in [0.25, 0.3) is 0 Å². The second-order valence-electron chi connectivity index (χ2n) is 5.56. The summed E-state index contributed by atoms with van der Waals surface area (Å²) in [6, 6.07) is 5.08. The van der Waals surface area contributed by atoms with Gasteiger partial charge in [0.2, 0.25) is 15.9 Å². The van der Waals surface area contributed by atoms with Crippen molar-refractivity contribution in [1.29, 1.82) is 0 Å². The van der Waals surface area contributed by atoms with E-state index in [-0.39, 0.29) is 17.4 Å². The van der Waals surface area contributed by atoms with E-state index in [2.05, 4.69) is 10.1 Å². The molecule has 0 spiro atoms. The smallest absolute Gasteiger partial charge is 0.243 e. The van der Waals surface area contributed by atoms with Crippen molar-refractivity contribution in [2.75, 3.05) is 13.1 Å². The highest BCUT2D eigenvalue weighted by Crippen LogP contribution is 2.29. The van der Waals surface area contributed by atoms with Crippen molar-refractivity contribution < 1.29 is 17.3 Å². The van der Waals surface area contributed by atoms with E-state index in [1.807, 2.05) is 6.92 Å². The van der Waals surface area contributed by atoms with Gasteiger partial charge in [-0.1, -0.05) is 18.1 Å². The second kappa shape index (κ2) is 6.37. The molecule has 8 heteroatoms. The van der Waals surface area contributed by atoms with Crippen LogP contribution in [0.5, 0.6) is 0 Å². The molecular formula is C15H18FN3O3S. The maximum atomic E-state index is 13.3. The van der Waals surface area contributed by atoms with Gasteiger partial charge in [0, 0.05) is 25.4 Å². The van der Waals surface area contributed by atoms with Crippen molar-refractivity contribution in [1.82, 2.24) is 14.4 Å². The molecule has 0 radical (unpaired) electrons. The van der Waals surface area contributed by atoms with Gasteiger partial charge in [0.05, 0.1) is 4.90 Å². The topological polar surface area (TPSA) is 76.3 Å².